The minimum Gasteiger partial charge on any atom is -0.481 e. The lowest BCUT2D eigenvalue weighted by atomic mass is 9.83. The molecule has 0 saturated heterocycles. The van der Waals surface area contributed by atoms with Gasteiger partial charge in [0.05, 0.1) is 12.2 Å². The number of aryl methyl sites for hydroxylation is 1. The monoisotopic (exact) mass is 513 g/mol. The summed E-state index contributed by atoms with van der Waals surface area (Å²) in [6.07, 6.45) is 7.13. The van der Waals surface area contributed by atoms with Crippen LogP contribution in [0.1, 0.15) is 42.8 Å². The van der Waals surface area contributed by atoms with Gasteiger partial charge in [0.15, 0.2) is 6.54 Å². The van der Waals surface area contributed by atoms with Gasteiger partial charge in [-0.05, 0) is 35.8 Å². The van der Waals surface area contributed by atoms with Crippen LogP contribution in [0.3, 0.4) is 0 Å². The molecule has 35 heavy (non-hydrogen) atoms. The van der Waals surface area contributed by atoms with Crippen molar-refractivity contribution in [2.45, 2.75) is 45.1 Å². The zero-order valence-corrected chi connectivity index (χ0v) is 21.3. The van der Waals surface area contributed by atoms with Crippen molar-refractivity contribution in [2.24, 2.45) is 0 Å². The molecule has 4 rings (SSSR count). The Balaban J connectivity index is 1.56. The van der Waals surface area contributed by atoms with Gasteiger partial charge < -0.3 is 10.4 Å². The van der Waals surface area contributed by atoms with E-state index < -0.39 is 16.1 Å². The van der Waals surface area contributed by atoms with E-state index >= 15 is 0 Å². The molecule has 9 heteroatoms. The molecule has 7 nitrogen and oxygen atoms in total. The Bertz CT molecular complexity index is 1440. The van der Waals surface area contributed by atoms with Gasteiger partial charge in [0.1, 0.15) is 4.70 Å². The number of benzene rings is 2. The number of unbranched alkanes of at least 4 members (excludes halogenated alkanes) is 1. The third-order valence-electron chi connectivity index (χ3n) is 6.23. The fourth-order valence-electron chi connectivity index (χ4n) is 4.39. The molecule has 0 atom stereocenters. The summed E-state index contributed by atoms with van der Waals surface area (Å²) in [5.74, 6) is -1.08. The van der Waals surface area contributed by atoms with Crippen molar-refractivity contribution < 1.29 is 27.4 Å². The van der Waals surface area contributed by atoms with E-state index in [1.807, 2.05) is 42.5 Å². The summed E-state index contributed by atoms with van der Waals surface area (Å²) in [7, 11) is -3.95. The molecular formula is C26H29N2O5S2+. The lowest BCUT2D eigenvalue weighted by Gasteiger charge is -2.20. The number of fused-ring (bicyclic) bond motifs is 2. The maximum atomic E-state index is 11.1. The fourth-order valence-corrected chi connectivity index (χ4v) is 6.06. The molecule has 0 aliphatic carbocycles. The van der Waals surface area contributed by atoms with Gasteiger partial charge in [-0.15, -0.1) is 0 Å². The second-order valence-electron chi connectivity index (χ2n) is 9.19. The van der Waals surface area contributed by atoms with E-state index in [-0.39, 0.29) is 17.6 Å². The highest BCUT2D eigenvalue weighted by Crippen LogP contribution is 2.43. The van der Waals surface area contributed by atoms with Gasteiger partial charge >= 0.3 is 5.97 Å². The highest BCUT2D eigenvalue weighted by atomic mass is 32.2. The number of rotatable bonds is 9. The number of carboxylic acid groups (broad SMARTS) is 1. The molecule has 0 radical (unpaired) electrons. The normalized spacial score (nSPS) is 16.1. The molecule has 0 saturated carbocycles. The lowest BCUT2D eigenvalue weighted by Crippen LogP contribution is -2.35. The van der Waals surface area contributed by atoms with Crippen LogP contribution in [0.5, 0.6) is 0 Å². The number of carboxylic acids is 1. The first-order valence-electron chi connectivity index (χ1n) is 11.4. The van der Waals surface area contributed by atoms with Crippen LogP contribution in [-0.4, -0.2) is 29.8 Å². The molecule has 0 amide bonds. The molecule has 184 valence electrons. The van der Waals surface area contributed by atoms with Gasteiger partial charge in [-0.3, -0.25) is 9.35 Å². The van der Waals surface area contributed by atoms with Gasteiger partial charge in [-0.25, -0.2) is 0 Å². The van der Waals surface area contributed by atoms with E-state index in [2.05, 4.69) is 41.9 Å². The number of aliphatic carboxylic acids is 1. The Morgan fingerprint density at radius 1 is 1.17 bits per heavy atom. The van der Waals surface area contributed by atoms with Gasteiger partial charge in [-0.2, -0.15) is 13.0 Å². The summed E-state index contributed by atoms with van der Waals surface area (Å²) in [4.78, 5) is 11.1. The first kappa shape index (κ1) is 25.1. The third kappa shape index (κ3) is 5.80. The maximum Gasteiger partial charge on any atom is 0.307 e. The number of aromatic nitrogens is 1. The van der Waals surface area contributed by atoms with Crippen molar-refractivity contribution in [1.29, 1.82) is 0 Å². The minimum absolute atomic E-state index is 0.00151. The molecule has 2 heterocycles. The van der Waals surface area contributed by atoms with Crippen LogP contribution in [0.2, 0.25) is 0 Å². The summed E-state index contributed by atoms with van der Waals surface area (Å²) in [5, 5.41) is 13.6. The first-order chi connectivity index (χ1) is 16.5. The first-order valence-corrected chi connectivity index (χ1v) is 13.8. The zero-order valence-electron chi connectivity index (χ0n) is 19.7. The van der Waals surface area contributed by atoms with Crippen LogP contribution < -0.4 is 9.88 Å². The average Bonchev–Trinajstić information content (AvgIpc) is 3.24. The van der Waals surface area contributed by atoms with Crippen LogP contribution in [0.15, 0.2) is 60.3 Å². The van der Waals surface area contributed by atoms with Crippen LogP contribution in [0.25, 0.3) is 16.3 Å². The number of anilines is 1. The second-order valence-corrected chi connectivity index (χ2v) is 11.8. The quantitative estimate of drug-likeness (QED) is 0.216. The van der Waals surface area contributed by atoms with E-state index in [9.17, 15) is 13.2 Å². The molecule has 3 N–H and O–H groups in total. The molecular weight excluding hydrogens is 484 g/mol. The van der Waals surface area contributed by atoms with Crippen LogP contribution >= 0.6 is 11.3 Å². The van der Waals surface area contributed by atoms with Gasteiger partial charge in [0.2, 0.25) is 5.52 Å². The van der Waals surface area contributed by atoms with Gasteiger partial charge in [0, 0.05) is 35.4 Å². The highest BCUT2D eigenvalue weighted by molar-refractivity contribution is 7.85. The van der Waals surface area contributed by atoms with Crippen molar-refractivity contribution >= 4 is 49.4 Å². The molecule has 0 unspecified atom stereocenters. The fraction of sp³-hybridized carbons (Fsp3) is 0.308. The zero-order chi connectivity index (χ0) is 25.2. The van der Waals surface area contributed by atoms with Crippen molar-refractivity contribution in [1.82, 2.24) is 0 Å². The number of hydrogen-bond acceptors (Lipinski definition) is 5. The van der Waals surface area contributed by atoms with Crippen LogP contribution in [-0.2, 0) is 33.3 Å². The number of thiazole rings is 1. The summed E-state index contributed by atoms with van der Waals surface area (Å²) < 4.78 is 34.4. The van der Waals surface area contributed by atoms with Crippen LogP contribution in [0.4, 0.5) is 5.69 Å². The molecule has 2 aromatic carbocycles. The second kappa shape index (κ2) is 9.93. The lowest BCUT2D eigenvalue weighted by molar-refractivity contribution is -0.669. The van der Waals surface area contributed by atoms with E-state index in [4.69, 9.17) is 9.66 Å². The topological polar surface area (TPSA) is 108 Å². The molecule has 1 aliphatic rings. The molecule has 3 aromatic rings. The van der Waals surface area contributed by atoms with E-state index in [1.54, 1.807) is 11.3 Å². The summed E-state index contributed by atoms with van der Waals surface area (Å²) >= 11 is 1.67. The Hall–Kier alpha value is -3.01. The molecule has 0 bridgehead atoms. The number of nitrogens with zero attached hydrogens (tertiary/aromatic N) is 1. The molecule has 0 spiro atoms. The Morgan fingerprint density at radius 3 is 2.69 bits per heavy atom. The Kier molecular flexibility index (Phi) is 7.12. The average molecular weight is 514 g/mol. The maximum absolute atomic E-state index is 11.1. The van der Waals surface area contributed by atoms with Crippen molar-refractivity contribution in [3.63, 3.8) is 0 Å². The van der Waals surface area contributed by atoms with Gasteiger partial charge in [-0.1, -0.05) is 55.5 Å². The predicted molar refractivity (Wildman–Crippen MR) is 139 cm³/mol. The standard InChI is InChI=1S/C26H28N2O5S2/c1-26(2)19-16-18(17-25(29)30)12-13-20(19)27-23(26)10-7-11-24-28(14-5-6-15-35(31,32)33)21-8-3-4-9-22(21)34-24/h3-4,7-13,16H,5-6,14-15,17H2,1-2H3,(H2,29,30,31,32,33)/p+1. The minimum atomic E-state index is -3.95. The third-order valence-corrected chi connectivity index (χ3v) is 8.16. The van der Waals surface area contributed by atoms with Crippen molar-refractivity contribution in [3.05, 3.63) is 76.4 Å². The summed E-state index contributed by atoms with van der Waals surface area (Å²) in [6, 6.07) is 13.9. The van der Waals surface area contributed by atoms with Crippen molar-refractivity contribution in [2.75, 3.05) is 11.1 Å². The van der Waals surface area contributed by atoms with E-state index in [0.717, 1.165) is 37.7 Å². The highest BCUT2D eigenvalue weighted by Gasteiger charge is 2.34. The summed E-state index contributed by atoms with van der Waals surface area (Å²) in [5.41, 5.74) is 4.67. The SMILES string of the molecule is CC1(C)/C(=C\C=C\c2sc3ccccc3[n+]2CCCCS(=O)(=O)O)Nc2ccc(CC(=O)O)cc21. The smallest absolute Gasteiger partial charge is 0.307 e. The van der Waals surface area contributed by atoms with Crippen molar-refractivity contribution in [3.8, 4) is 0 Å². The van der Waals surface area contributed by atoms with Crippen LogP contribution in [0, 0.1) is 0 Å². The Morgan fingerprint density at radius 2 is 1.94 bits per heavy atom. The van der Waals surface area contributed by atoms with Gasteiger partial charge in [0.25, 0.3) is 15.1 Å². The largest absolute Gasteiger partial charge is 0.481 e. The number of allylic oxidation sites excluding steroid dienone is 3. The molecule has 1 aliphatic heterocycles. The van der Waals surface area contributed by atoms with E-state index in [0.29, 0.717) is 19.4 Å². The number of carbonyl (C=O) groups is 1. The predicted octanol–water partition coefficient (Wildman–Crippen LogP) is 4.78. The molecule has 0 fully saturated rings. The number of para-hydroxylation sites is 1. The summed E-state index contributed by atoms with van der Waals surface area (Å²) in [6.45, 7) is 4.88. The Labute approximate surface area is 209 Å². The number of hydrogen-bond donors (Lipinski definition) is 3. The number of nitrogens with one attached hydrogen (secondary N) is 1. The molecule has 1 aromatic heterocycles. The van der Waals surface area contributed by atoms with E-state index in [1.165, 1.54) is 0 Å².